The fourth-order valence-electron chi connectivity index (χ4n) is 3.72. The van der Waals surface area contributed by atoms with Gasteiger partial charge in [0.1, 0.15) is 5.82 Å². The molecule has 1 aliphatic rings. The molecule has 0 bridgehead atoms. The molecule has 2 rings (SSSR count). The van der Waals surface area contributed by atoms with Gasteiger partial charge in [-0.2, -0.15) is 0 Å². The zero-order chi connectivity index (χ0) is 19.2. The van der Waals surface area contributed by atoms with Crippen molar-refractivity contribution in [1.82, 2.24) is 15.5 Å². The third-order valence-corrected chi connectivity index (χ3v) is 5.23. The summed E-state index contributed by atoms with van der Waals surface area (Å²) in [5.74, 6) is 0.687. The molecule has 0 atom stereocenters. The molecule has 1 saturated carbocycles. The summed E-state index contributed by atoms with van der Waals surface area (Å²) in [5, 5.41) is 6.62. The van der Waals surface area contributed by atoms with Crippen LogP contribution in [0.3, 0.4) is 0 Å². The fourth-order valence-corrected chi connectivity index (χ4v) is 3.72. The molecule has 0 aliphatic heterocycles. The monoisotopic (exact) mass is 490 g/mol. The zero-order valence-corrected chi connectivity index (χ0v) is 19.1. The van der Waals surface area contributed by atoms with E-state index >= 15 is 0 Å². The molecule has 0 unspecified atom stereocenters. The van der Waals surface area contributed by atoms with Crippen LogP contribution in [0.1, 0.15) is 36.8 Å². The molecule has 1 fully saturated rings. The zero-order valence-electron chi connectivity index (χ0n) is 16.8. The lowest BCUT2D eigenvalue weighted by atomic mass is 9.84. The van der Waals surface area contributed by atoms with E-state index in [4.69, 9.17) is 0 Å². The van der Waals surface area contributed by atoms with Gasteiger partial charge in [0.25, 0.3) is 0 Å². The highest BCUT2D eigenvalue weighted by Gasteiger charge is 2.42. The lowest BCUT2D eigenvalue weighted by molar-refractivity contribution is -0.138. The van der Waals surface area contributed by atoms with Crippen molar-refractivity contribution in [1.29, 1.82) is 0 Å². The summed E-state index contributed by atoms with van der Waals surface area (Å²) in [7, 11) is 5.37. The number of rotatable bonds is 6. The number of amides is 1. The van der Waals surface area contributed by atoms with Gasteiger partial charge in [-0.1, -0.05) is 18.9 Å². The van der Waals surface area contributed by atoms with Crippen molar-refractivity contribution in [3.05, 3.63) is 35.1 Å². The molecule has 0 aromatic heterocycles. The molecule has 152 valence electrons. The van der Waals surface area contributed by atoms with E-state index in [1.54, 1.807) is 18.0 Å². The third-order valence-electron chi connectivity index (χ3n) is 5.23. The smallest absolute Gasteiger partial charge is 0.230 e. The Morgan fingerprint density at radius 2 is 1.93 bits per heavy atom. The van der Waals surface area contributed by atoms with Gasteiger partial charge in [-0.3, -0.25) is 9.79 Å². The number of carbonyl (C=O) groups excluding carboxylic acids is 1. The number of halogens is 2. The number of aryl methyl sites for hydroxylation is 1. The highest BCUT2D eigenvalue weighted by Crippen LogP contribution is 2.38. The lowest BCUT2D eigenvalue weighted by Crippen LogP contribution is -2.49. The first kappa shape index (κ1) is 23.7. The summed E-state index contributed by atoms with van der Waals surface area (Å²) in [6.07, 6.45) is 4.81. The van der Waals surface area contributed by atoms with Gasteiger partial charge in [0.2, 0.25) is 5.91 Å². The van der Waals surface area contributed by atoms with Crippen molar-refractivity contribution in [2.75, 3.05) is 34.2 Å². The minimum atomic E-state index is -0.325. The molecule has 0 heterocycles. The molecule has 1 aromatic rings. The Kier molecular flexibility index (Phi) is 9.49. The number of nitrogens with one attached hydrogen (secondary N) is 2. The van der Waals surface area contributed by atoms with Gasteiger partial charge in [-0.05, 0) is 49.4 Å². The van der Waals surface area contributed by atoms with E-state index in [2.05, 4.69) is 15.6 Å². The molecule has 2 N–H and O–H groups in total. The lowest BCUT2D eigenvalue weighted by Gasteiger charge is -2.31. The van der Waals surface area contributed by atoms with Crippen LogP contribution in [0, 0.1) is 18.2 Å². The van der Waals surface area contributed by atoms with Crippen molar-refractivity contribution in [3.8, 4) is 0 Å². The first-order valence-corrected chi connectivity index (χ1v) is 9.29. The molecular formula is C20H32FIN4O. The summed E-state index contributed by atoms with van der Waals surface area (Å²) in [6, 6.07) is 4.87. The van der Waals surface area contributed by atoms with Crippen LogP contribution in [-0.2, 0) is 11.2 Å². The number of carbonyl (C=O) groups is 1. The van der Waals surface area contributed by atoms with Crippen LogP contribution in [-0.4, -0.2) is 51.0 Å². The molecule has 0 spiro atoms. The van der Waals surface area contributed by atoms with Crippen molar-refractivity contribution >= 4 is 35.8 Å². The van der Waals surface area contributed by atoms with Crippen LogP contribution in [0.25, 0.3) is 0 Å². The highest BCUT2D eigenvalue weighted by molar-refractivity contribution is 14.0. The number of hydrogen-bond donors (Lipinski definition) is 2. The second-order valence-electron chi connectivity index (χ2n) is 7.36. The predicted octanol–water partition coefficient (Wildman–Crippen LogP) is 3.11. The second-order valence-corrected chi connectivity index (χ2v) is 7.36. The number of hydrogen-bond acceptors (Lipinski definition) is 2. The summed E-state index contributed by atoms with van der Waals surface area (Å²) < 4.78 is 13.2. The van der Waals surface area contributed by atoms with Gasteiger partial charge in [-0.15, -0.1) is 24.0 Å². The van der Waals surface area contributed by atoms with Gasteiger partial charge < -0.3 is 15.5 Å². The Balaban J connectivity index is 0.00000364. The molecule has 1 aromatic carbocycles. The summed E-state index contributed by atoms with van der Waals surface area (Å²) in [6.45, 7) is 3.21. The van der Waals surface area contributed by atoms with E-state index < -0.39 is 0 Å². The maximum absolute atomic E-state index is 13.2. The van der Waals surface area contributed by atoms with Crippen LogP contribution < -0.4 is 10.6 Å². The molecule has 1 amide bonds. The van der Waals surface area contributed by atoms with E-state index in [1.807, 2.05) is 27.1 Å². The van der Waals surface area contributed by atoms with Crippen LogP contribution >= 0.6 is 24.0 Å². The van der Waals surface area contributed by atoms with Crippen molar-refractivity contribution in [3.63, 3.8) is 0 Å². The number of benzene rings is 1. The normalized spacial score (nSPS) is 15.8. The average Bonchev–Trinajstić information content (AvgIpc) is 3.08. The molecule has 1 aliphatic carbocycles. The van der Waals surface area contributed by atoms with Crippen molar-refractivity contribution in [2.24, 2.45) is 10.4 Å². The van der Waals surface area contributed by atoms with Gasteiger partial charge in [-0.25, -0.2) is 4.39 Å². The van der Waals surface area contributed by atoms with Crippen molar-refractivity contribution < 1.29 is 9.18 Å². The first-order valence-electron chi connectivity index (χ1n) is 9.29. The Morgan fingerprint density at radius 3 is 2.48 bits per heavy atom. The van der Waals surface area contributed by atoms with Gasteiger partial charge in [0.05, 0.1) is 5.41 Å². The molecule has 5 nitrogen and oxygen atoms in total. The standard InChI is InChI=1S/C20H31FN4O.HI/c1-15-13-17(21)8-7-16(15)9-12-23-19(22-2)24-14-20(10-5-6-11-20)18(26)25(3)4;/h7-8,13H,5-6,9-12,14H2,1-4H3,(H2,22,23,24);1H. The maximum Gasteiger partial charge on any atom is 0.230 e. The Morgan fingerprint density at radius 1 is 1.26 bits per heavy atom. The molecule has 0 saturated heterocycles. The topological polar surface area (TPSA) is 56.7 Å². The fraction of sp³-hybridized carbons (Fsp3) is 0.600. The summed E-state index contributed by atoms with van der Waals surface area (Å²) in [5.41, 5.74) is 1.75. The van der Waals surface area contributed by atoms with E-state index in [0.29, 0.717) is 19.0 Å². The second kappa shape index (κ2) is 10.8. The third kappa shape index (κ3) is 6.33. The van der Waals surface area contributed by atoms with Gasteiger partial charge >= 0.3 is 0 Å². The Hall–Kier alpha value is -1.38. The molecule has 7 heteroatoms. The minimum absolute atomic E-state index is 0. The largest absolute Gasteiger partial charge is 0.356 e. The number of aliphatic imine (C=N–C) groups is 1. The minimum Gasteiger partial charge on any atom is -0.356 e. The van der Waals surface area contributed by atoms with Crippen LogP contribution in [0.15, 0.2) is 23.2 Å². The predicted molar refractivity (Wildman–Crippen MR) is 119 cm³/mol. The van der Waals surface area contributed by atoms with Gasteiger partial charge in [0, 0.05) is 34.2 Å². The van der Waals surface area contributed by atoms with E-state index in [1.165, 1.54) is 6.07 Å². The Bertz CT molecular complexity index is 657. The number of guanidine groups is 1. The van der Waals surface area contributed by atoms with Crippen LogP contribution in [0.4, 0.5) is 4.39 Å². The van der Waals surface area contributed by atoms with E-state index in [9.17, 15) is 9.18 Å². The van der Waals surface area contributed by atoms with Gasteiger partial charge in [0.15, 0.2) is 5.96 Å². The number of nitrogens with zero attached hydrogens (tertiary/aromatic N) is 2. The molecular weight excluding hydrogens is 458 g/mol. The van der Waals surface area contributed by atoms with E-state index in [-0.39, 0.29) is 41.1 Å². The van der Waals surface area contributed by atoms with E-state index in [0.717, 1.165) is 43.2 Å². The highest BCUT2D eigenvalue weighted by atomic mass is 127. The SMILES string of the molecule is CN=C(NCCc1ccc(F)cc1C)NCC1(C(=O)N(C)C)CCCC1.I. The van der Waals surface area contributed by atoms with Crippen LogP contribution in [0.5, 0.6) is 0 Å². The Labute approximate surface area is 179 Å². The summed E-state index contributed by atoms with van der Waals surface area (Å²) in [4.78, 5) is 18.6. The van der Waals surface area contributed by atoms with Crippen molar-refractivity contribution in [2.45, 2.75) is 39.0 Å². The first-order chi connectivity index (χ1) is 12.4. The quantitative estimate of drug-likeness (QED) is 0.366. The average molecular weight is 490 g/mol. The molecule has 27 heavy (non-hydrogen) atoms. The molecule has 0 radical (unpaired) electrons. The van der Waals surface area contributed by atoms with Crippen LogP contribution in [0.2, 0.25) is 0 Å². The maximum atomic E-state index is 13.2. The summed E-state index contributed by atoms with van der Waals surface area (Å²) >= 11 is 0.